The summed E-state index contributed by atoms with van der Waals surface area (Å²) in [4.78, 5) is 24.9. The van der Waals surface area contributed by atoms with Crippen LogP contribution in [-0.4, -0.2) is 43.7 Å². The molecule has 1 N–H and O–H groups in total. The minimum atomic E-state index is -0.498. The van der Waals surface area contributed by atoms with E-state index in [-0.39, 0.29) is 30.4 Å². The molecule has 1 saturated heterocycles. The number of hydrogen-bond acceptors (Lipinski definition) is 5. The summed E-state index contributed by atoms with van der Waals surface area (Å²) in [6.45, 7) is 4.03. The first-order valence-corrected chi connectivity index (χ1v) is 9.46. The van der Waals surface area contributed by atoms with E-state index in [0.29, 0.717) is 5.92 Å². The fourth-order valence-electron chi connectivity index (χ4n) is 4.33. The van der Waals surface area contributed by atoms with Crippen LogP contribution in [0.4, 0.5) is 0 Å². The molecule has 5 heteroatoms. The number of ether oxygens (including phenoxy) is 2. The highest BCUT2D eigenvalue weighted by atomic mass is 16.5. The van der Waals surface area contributed by atoms with Gasteiger partial charge in [0.25, 0.3) is 0 Å². The molecule has 140 valence electrons. The second kappa shape index (κ2) is 8.66. The van der Waals surface area contributed by atoms with Gasteiger partial charge in [0.15, 0.2) is 5.78 Å². The second-order valence-corrected chi connectivity index (χ2v) is 7.42. The van der Waals surface area contributed by atoms with E-state index in [2.05, 4.69) is 11.2 Å². The zero-order valence-electron chi connectivity index (χ0n) is 15.3. The standard InChI is InChI=1S/C21H27NO4/c1-3-11-25-18-9-7-16-14(2)12-19(24)26-21(16)20(18)17(23)8-6-15-5-4-10-22-13-15/h1,6,8,12,15-16,18,20-22H,4-5,7,9-11,13H2,2H3/b8-6+. The van der Waals surface area contributed by atoms with Gasteiger partial charge < -0.3 is 14.8 Å². The van der Waals surface area contributed by atoms with Gasteiger partial charge in [0.05, 0.1) is 12.0 Å². The molecule has 0 bridgehead atoms. The number of ketones is 1. The number of hydrogen-bond donors (Lipinski definition) is 1. The predicted octanol–water partition coefficient (Wildman–Crippen LogP) is 2.03. The topological polar surface area (TPSA) is 64.6 Å². The predicted molar refractivity (Wildman–Crippen MR) is 98.2 cm³/mol. The SMILES string of the molecule is C#CCOC1CCC2C(C)=CC(=O)OC2C1C(=O)/C=C/C1CCCNC1. The van der Waals surface area contributed by atoms with Crippen molar-refractivity contribution in [1.82, 2.24) is 5.32 Å². The first-order chi connectivity index (χ1) is 12.6. The Morgan fingerprint density at radius 1 is 1.46 bits per heavy atom. The minimum absolute atomic E-state index is 0.0326. The van der Waals surface area contributed by atoms with Crippen molar-refractivity contribution in [2.24, 2.45) is 17.8 Å². The fraction of sp³-hybridized carbons (Fsp3) is 0.619. The van der Waals surface area contributed by atoms with Gasteiger partial charge in [-0.15, -0.1) is 6.42 Å². The number of allylic oxidation sites excluding steroid dienone is 1. The highest BCUT2D eigenvalue weighted by Crippen LogP contribution is 2.40. The molecule has 0 spiro atoms. The molecule has 1 aliphatic carbocycles. The molecule has 0 aromatic carbocycles. The van der Waals surface area contributed by atoms with Crippen LogP contribution in [-0.2, 0) is 19.1 Å². The van der Waals surface area contributed by atoms with Gasteiger partial charge in [-0.05, 0) is 51.1 Å². The van der Waals surface area contributed by atoms with E-state index in [1.54, 1.807) is 6.08 Å². The zero-order valence-corrected chi connectivity index (χ0v) is 15.3. The van der Waals surface area contributed by atoms with E-state index < -0.39 is 12.0 Å². The Kier molecular flexibility index (Phi) is 6.29. The van der Waals surface area contributed by atoms with Crippen LogP contribution in [0, 0.1) is 30.1 Å². The van der Waals surface area contributed by atoms with Crippen LogP contribution in [0.5, 0.6) is 0 Å². The summed E-state index contributed by atoms with van der Waals surface area (Å²) in [5.74, 6) is 2.01. The van der Waals surface area contributed by atoms with Crippen molar-refractivity contribution in [2.45, 2.75) is 44.8 Å². The summed E-state index contributed by atoms with van der Waals surface area (Å²) in [5, 5.41) is 3.35. The lowest BCUT2D eigenvalue weighted by Gasteiger charge is -2.43. The zero-order chi connectivity index (χ0) is 18.5. The van der Waals surface area contributed by atoms with Crippen molar-refractivity contribution < 1.29 is 19.1 Å². The Morgan fingerprint density at radius 2 is 2.31 bits per heavy atom. The Bertz CT molecular complexity index is 639. The Labute approximate surface area is 155 Å². The van der Waals surface area contributed by atoms with Crippen molar-refractivity contribution in [3.8, 4) is 12.3 Å². The number of piperidine rings is 1. The molecular formula is C21H27NO4. The van der Waals surface area contributed by atoms with Crippen LogP contribution in [0.1, 0.15) is 32.6 Å². The number of terminal acetylenes is 1. The van der Waals surface area contributed by atoms with Crippen molar-refractivity contribution in [3.05, 3.63) is 23.8 Å². The number of nitrogens with one attached hydrogen (secondary N) is 1. The van der Waals surface area contributed by atoms with Gasteiger partial charge in [0.2, 0.25) is 0 Å². The molecule has 0 amide bonds. The van der Waals surface area contributed by atoms with Crippen molar-refractivity contribution >= 4 is 11.8 Å². The van der Waals surface area contributed by atoms with Crippen molar-refractivity contribution in [2.75, 3.05) is 19.7 Å². The molecule has 26 heavy (non-hydrogen) atoms. The summed E-state index contributed by atoms with van der Waals surface area (Å²) in [5.41, 5.74) is 0.986. The number of carbonyl (C=O) groups excluding carboxylic acids is 2. The largest absolute Gasteiger partial charge is 0.458 e. The van der Waals surface area contributed by atoms with Gasteiger partial charge in [0.1, 0.15) is 12.7 Å². The molecule has 2 aliphatic heterocycles. The second-order valence-electron chi connectivity index (χ2n) is 7.42. The smallest absolute Gasteiger partial charge is 0.331 e. The molecule has 5 atom stereocenters. The summed E-state index contributed by atoms with van der Waals surface area (Å²) in [6, 6.07) is 0. The molecule has 1 saturated carbocycles. The van der Waals surface area contributed by atoms with E-state index in [9.17, 15) is 9.59 Å². The average molecular weight is 357 g/mol. The van der Waals surface area contributed by atoms with E-state index in [1.807, 2.05) is 13.0 Å². The first kappa shape index (κ1) is 18.9. The van der Waals surface area contributed by atoms with Gasteiger partial charge in [-0.3, -0.25) is 4.79 Å². The van der Waals surface area contributed by atoms with E-state index in [0.717, 1.165) is 44.3 Å². The Morgan fingerprint density at radius 3 is 3.04 bits per heavy atom. The van der Waals surface area contributed by atoms with E-state index in [4.69, 9.17) is 15.9 Å². The number of carbonyl (C=O) groups is 2. The van der Waals surface area contributed by atoms with Gasteiger partial charge in [-0.25, -0.2) is 4.79 Å². The molecule has 0 radical (unpaired) electrons. The van der Waals surface area contributed by atoms with Gasteiger partial charge in [-0.2, -0.15) is 0 Å². The molecule has 0 aromatic heterocycles. The van der Waals surface area contributed by atoms with Crippen molar-refractivity contribution in [3.63, 3.8) is 0 Å². The highest BCUT2D eigenvalue weighted by molar-refractivity contribution is 5.93. The lowest BCUT2D eigenvalue weighted by molar-refractivity contribution is -0.163. The average Bonchev–Trinajstić information content (AvgIpc) is 2.64. The van der Waals surface area contributed by atoms with Gasteiger partial charge in [-0.1, -0.05) is 17.6 Å². The number of esters is 1. The van der Waals surface area contributed by atoms with Crippen LogP contribution in [0.2, 0.25) is 0 Å². The Hall–Kier alpha value is -1.90. The normalized spacial score (nSPS) is 34.5. The van der Waals surface area contributed by atoms with Crippen LogP contribution >= 0.6 is 0 Å². The summed E-state index contributed by atoms with van der Waals surface area (Å²) in [6.07, 6.45) is 13.5. The van der Waals surface area contributed by atoms with Crippen LogP contribution in [0.3, 0.4) is 0 Å². The molecule has 2 heterocycles. The molecule has 3 aliphatic rings. The van der Waals surface area contributed by atoms with Crippen molar-refractivity contribution in [1.29, 1.82) is 0 Å². The van der Waals surface area contributed by atoms with Crippen LogP contribution < -0.4 is 5.32 Å². The summed E-state index contributed by atoms with van der Waals surface area (Å²) in [7, 11) is 0. The maximum Gasteiger partial charge on any atom is 0.331 e. The van der Waals surface area contributed by atoms with Gasteiger partial charge >= 0.3 is 5.97 Å². The molecule has 5 unspecified atom stereocenters. The quantitative estimate of drug-likeness (QED) is 0.463. The van der Waals surface area contributed by atoms with E-state index >= 15 is 0 Å². The first-order valence-electron chi connectivity index (χ1n) is 9.46. The number of rotatable bonds is 5. The molecule has 2 fully saturated rings. The summed E-state index contributed by atoms with van der Waals surface area (Å²) >= 11 is 0. The molecule has 3 rings (SSSR count). The minimum Gasteiger partial charge on any atom is -0.458 e. The Balaban J connectivity index is 1.78. The lowest BCUT2D eigenvalue weighted by Crippen LogP contribution is -2.50. The third-order valence-electron chi connectivity index (χ3n) is 5.67. The highest BCUT2D eigenvalue weighted by Gasteiger charge is 2.47. The molecule has 0 aromatic rings. The molecular weight excluding hydrogens is 330 g/mol. The molecule has 5 nitrogen and oxygen atoms in total. The maximum atomic E-state index is 13.0. The van der Waals surface area contributed by atoms with E-state index in [1.165, 1.54) is 6.08 Å². The third kappa shape index (κ3) is 4.25. The van der Waals surface area contributed by atoms with Crippen LogP contribution in [0.15, 0.2) is 23.8 Å². The number of fused-ring (bicyclic) bond motifs is 1. The summed E-state index contributed by atoms with van der Waals surface area (Å²) < 4.78 is 11.3. The van der Waals surface area contributed by atoms with Gasteiger partial charge in [0, 0.05) is 18.5 Å². The third-order valence-corrected chi connectivity index (χ3v) is 5.67. The maximum absolute atomic E-state index is 13.0. The fourth-order valence-corrected chi connectivity index (χ4v) is 4.33. The lowest BCUT2D eigenvalue weighted by atomic mass is 9.71. The van der Waals surface area contributed by atoms with Crippen LogP contribution in [0.25, 0.3) is 0 Å². The monoisotopic (exact) mass is 357 g/mol.